The van der Waals surface area contributed by atoms with E-state index in [0.29, 0.717) is 4.47 Å². The van der Waals surface area contributed by atoms with Crippen molar-refractivity contribution in [1.29, 1.82) is 0 Å². The van der Waals surface area contributed by atoms with Gasteiger partial charge in [0.25, 0.3) is 0 Å². The van der Waals surface area contributed by atoms with E-state index in [2.05, 4.69) is 21.2 Å². The van der Waals surface area contributed by atoms with E-state index in [9.17, 15) is 4.39 Å². The number of halogens is 2. The Hall–Kier alpha value is -0.220. The van der Waals surface area contributed by atoms with Gasteiger partial charge in [-0.2, -0.15) is 0 Å². The molecule has 0 radical (unpaired) electrons. The van der Waals surface area contributed by atoms with Crippen molar-refractivity contribution in [2.24, 2.45) is 0 Å². The van der Waals surface area contributed by atoms with Gasteiger partial charge in [0.1, 0.15) is 5.82 Å². The number of nitrogens with one attached hydrogen (secondary N) is 1. The van der Waals surface area contributed by atoms with Gasteiger partial charge in [-0.15, -0.1) is 11.8 Å². The summed E-state index contributed by atoms with van der Waals surface area (Å²) in [6.45, 7) is 0.970. The van der Waals surface area contributed by atoms with Gasteiger partial charge in [0, 0.05) is 17.1 Å². The lowest BCUT2D eigenvalue weighted by Crippen LogP contribution is -2.00. The smallest absolute Gasteiger partial charge is 0.138 e. The van der Waals surface area contributed by atoms with Gasteiger partial charge in [-0.3, -0.25) is 0 Å². The van der Waals surface area contributed by atoms with Crippen LogP contribution in [0.15, 0.2) is 21.5 Å². The van der Waals surface area contributed by atoms with Crippen molar-refractivity contribution in [3.05, 3.63) is 22.4 Å². The molecule has 2 rings (SSSR count). The maximum Gasteiger partial charge on any atom is 0.138 e. The predicted octanol–water partition coefficient (Wildman–Crippen LogP) is 3.50. The Morgan fingerprint density at radius 3 is 3.15 bits per heavy atom. The van der Waals surface area contributed by atoms with Gasteiger partial charge in [0.05, 0.1) is 4.47 Å². The molecule has 0 aromatic heterocycles. The molecule has 0 fully saturated rings. The van der Waals surface area contributed by atoms with Crippen LogP contribution in [0.5, 0.6) is 0 Å². The highest BCUT2D eigenvalue weighted by molar-refractivity contribution is 9.10. The van der Waals surface area contributed by atoms with E-state index in [1.165, 1.54) is 0 Å². The van der Waals surface area contributed by atoms with Crippen LogP contribution in [0.2, 0.25) is 0 Å². The second-order valence-electron chi connectivity index (χ2n) is 2.89. The zero-order chi connectivity index (χ0) is 9.26. The van der Waals surface area contributed by atoms with Crippen molar-refractivity contribution in [3.8, 4) is 0 Å². The van der Waals surface area contributed by atoms with Crippen molar-refractivity contribution in [3.63, 3.8) is 0 Å². The van der Waals surface area contributed by atoms with Crippen LogP contribution in [-0.4, -0.2) is 12.3 Å². The van der Waals surface area contributed by atoms with Crippen LogP contribution >= 0.6 is 27.7 Å². The van der Waals surface area contributed by atoms with Crippen molar-refractivity contribution in [2.75, 3.05) is 17.6 Å². The summed E-state index contributed by atoms with van der Waals surface area (Å²) in [4.78, 5) is 1.01. The molecule has 0 saturated heterocycles. The Morgan fingerprint density at radius 1 is 1.46 bits per heavy atom. The molecule has 0 aliphatic carbocycles. The summed E-state index contributed by atoms with van der Waals surface area (Å²) < 4.78 is 13.7. The molecule has 1 nitrogen and oxygen atoms in total. The summed E-state index contributed by atoms with van der Waals surface area (Å²) in [7, 11) is 0. The number of hydrogen-bond donors (Lipinski definition) is 1. The lowest BCUT2D eigenvalue weighted by atomic mass is 10.3. The minimum atomic E-state index is -0.185. The Bertz CT molecular complexity index is 299. The monoisotopic (exact) mass is 261 g/mol. The Balaban J connectivity index is 2.43. The number of anilines is 1. The van der Waals surface area contributed by atoms with Crippen molar-refractivity contribution < 1.29 is 4.39 Å². The molecular weight excluding hydrogens is 253 g/mol. The molecule has 4 heteroatoms. The molecular formula is C9H9BrFNS. The van der Waals surface area contributed by atoms with Crippen molar-refractivity contribution in [1.82, 2.24) is 0 Å². The normalized spacial score (nSPS) is 15.8. The summed E-state index contributed by atoms with van der Waals surface area (Å²) in [5.41, 5.74) is 1.04. The van der Waals surface area contributed by atoms with Crippen LogP contribution < -0.4 is 5.32 Å². The number of fused-ring (bicyclic) bond motifs is 1. The van der Waals surface area contributed by atoms with E-state index in [1.54, 1.807) is 17.8 Å². The molecule has 0 atom stereocenters. The van der Waals surface area contributed by atoms with Crippen LogP contribution in [0.3, 0.4) is 0 Å². The molecule has 13 heavy (non-hydrogen) atoms. The first-order chi connectivity index (χ1) is 6.27. The van der Waals surface area contributed by atoms with E-state index in [-0.39, 0.29) is 5.82 Å². The maximum atomic E-state index is 13.2. The van der Waals surface area contributed by atoms with E-state index in [0.717, 1.165) is 29.3 Å². The molecule has 0 spiro atoms. The lowest BCUT2D eigenvalue weighted by molar-refractivity contribution is 0.618. The minimum absolute atomic E-state index is 0.185. The van der Waals surface area contributed by atoms with E-state index >= 15 is 0 Å². The third kappa shape index (κ3) is 1.99. The fourth-order valence-corrected chi connectivity index (χ4v) is 2.59. The zero-order valence-electron chi connectivity index (χ0n) is 6.94. The van der Waals surface area contributed by atoms with Crippen molar-refractivity contribution >= 4 is 33.4 Å². The lowest BCUT2D eigenvalue weighted by Gasteiger charge is -2.07. The third-order valence-corrected chi connectivity index (χ3v) is 3.67. The molecule has 0 unspecified atom stereocenters. The van der Waals surface area contributed by atoms with Crippen LogP contribution in [0.1, 0.15) is 6.42 Å². The average Bonchev–Trinajstić information content (AvgIpc) is 2.31. The molecule has 0 bridgehead atoms. The second kappa shape index (κ2) is 3.88. The highest BCUT2D eigenvalue weighted by Gasteiger charge is 2.10. The average molecular weight is 262 g/mol. The van der Waals surface area contributed by atoms with Crippen LogP contribution in [0.4, 0.5) is 10.1 Å². The number of hydrogen-bond acceptors (Lipinski definition) is 2. The summed E-state index contributed by atoms with van der Waals surface area (Å²) in [5.74, 6) is 0.871. The molecule has 1 heterocycles. The van der Waals surface area contributed by atoms with Crippen LogP contribution in [-0.2, 0) is 0 Å². The molecule has 0 saturated carbocycles. The van der Waals surface area contributed by atoms with Gasteiger partial charge < -0.3 is 5.32 Å². The highest BCUT2D eigenvalue weighted by Crippen LogP contribution is 2.34. The van der Waals surface area contributed by atoms with E-state index < -0.39 is 0 Å². The summed E-state index contributed by atoms with van der Waals surface area (Å²) in [5, 5.41) is 3.28. The van der Waals surface area contributed by atoms with Gasteiger partial charge in [0.15, 0.2) is 0 Å². The first-order valence-corrected chi connectivity index (χ1v) is 5.91. The Labute approximate surface area is 89.2 Å². The second-order valence-corrected chi connectivity index (χ2v) is 4.88. The molecule has 1 aromatic rings. The molecule has 1 aromatic carbocycles. The molecule has 0 amide bonds. The van der Waals surface area contributed by atoms with Gasteiger partial charge in [-0.05, 0) is 40.2 Å². The third-order valence-electron chi connectivity index (χ3n) is 1.92. The Kier molecular flexibility index (Phi) is 2.79. The van der Waals surface area contributed by atoms with Gasteiger partial charge in [-0.25, -0.2) is 4.39 Å². The predicted molar refractivity (Wildman–Crippen MR) is 57.9 cm³/mol. The Morgan fingerprint density at radius 2 is 2.31 bits per heavy atom. The fraction of sp³-hybridized carbons (Fsp3) is 0.333. The van der Waals surface area contributed by atoms with E-state index in [4.69, 9.17) is 0 Å². The first-order valence-electron chi connectivity index (χ1n) is 4.13. The molecule has 1 aliphatic heterocycles. The van der Waals surface area contributed by atoms with Crippen LogP contribution in [0, 0.1) is 5.82 Å². The number of benzene rings is 1. The largest absolute Gasteiger partial charge is 0.384 e. The molecule has 70 valence electrons. The maximum absolute atomic E-state index is 13.2. The first kappa shape index (κ1) is 9.34. The SMILES string of the molecule is Fc1cc2c(cc1Br)NCCCS2. The van der Waals surface area contributed by atoms with Gasteiger partial charge >= 0.3 is 0 Å². The summed E-state index contributed by atoms with van der Waals surface area (Å²) >= 11 is 4.88. The minimum Gasteiger partial charge on any atom is -0.384 e. The quantitative estimate of drug-likeness (QED) is 0.768. The number of rotatable bonds is 0. The van der Waals surface area contributed by atoms with E-state index in [1.807, 2.05) is 6.07 Å². The fourth-order valence-electron chi connectivity index (χ4n) is 1.26. The topological polar surface area (TPSA) is 12.0 Å². The highest BCUT2D eigenvalue weighted by atomic mass is 79.9. The molecule has 1 aliphatic rings. The van der Waals surface area contributed by atoms with Crippen LogP contribution in [0.25, 0.3) is 0 Å². The number of thioether (sulfide) groups is 1. The summed E-state index contributed by atoms with van der Waals surface area (Å²) in [6.07, 6.45) is 1.12. The standard InChI is InChI=1S/C9H9BrFNS/c10-6-4-8-9(5-7(6)11)13-3-1-2-12-8/h4-5,12H,1-3H2. The van der Waals surface area contributed by atoms with Crippen molar-refractivity contribution in [2.45, 2.75) is 11.3 Å². The summed E-state index contributed by atoms with van der Waals surface area (Å²) in [6, 6.07) is 3.39. The zero-order valence-corrected chi connectivity index (χ0v) is 9.34. The van der Waals surface area contributed by atoms with Gasteiger partial charge in [0.2, 0.25) is 0 Å². The van der Waals surface area contributed by atoms with Gasteiger partial charge in [-0.1, -0.05) is 0 Å². The molecule has 1 N–H and O–H groups in total.